The molecule has 0 amide bonds. The Morgan fingerprint density at radius 2 is 1.94 bits per heavy atom. The molecule has 16 heavy (non-hydrogen) atoms. The van der Waals surface area contributed by atoms with Crippen LogP contribution in [0, 0.1) is 0 Å². The van der Waals surface area contributed by atoms with Gasteiger partial charge in [0.2, 0.25) is 6.79 Å². The molecule has 1 aromatic rings. The Bertz CT molecular complexity index is 383. The number of ether oxygens (including phenoxy) is 2. The lowest BCUT2D eigenvalue weighted by Gasteiger charge is -2.09. The van der Waals surface area contributed by atoms with Crippen molar-refractivity contribution in [3.05, 3.63) is 35.9 Å². The van der Waals surface area contributed by atoms with E-state index in [1.165, 1.54) is 24.0 Å². The van der Waals surface area contributed by atoms with E-state index in [-0.39, 0.29) is 0 Å². The molecule has 0 aliphatic carbocycles. The lowest BCUT2D eigenvalue weighted by molar-refractivity contribution is 0.174. The Labute approximate surface area is 96.9 Å². The van der Waals surface area contributed by atoms with Gasteiger partial charge in [0.15, 0.2) is 11.5 Å². The van der Waals surface area contributed by atoms with Crippen LogP contribution in [0.3, 0.4) is 0 Å². The molecule has 0 spiro atoms. The first-order valence-corrected chi connectivity index (χ1v) is 5.87. The SMILES string of the molecule is C=CCc1cc2c(cc1CCCC)OCO2. The van der Waals surface area contributed by atoms with E-state index in [2.05, 4.69) is 25.6 Å². The summed E-state index contributed by atoms with van der Waals surface area (Å²) in [6.45, 7) is 6.35. The molecule has 0 aromatic heterocycles. The molecule has 0 saturated carbocycles. The van der Waals surface area contributed by atoms with E-state index in [1.54, 1.807) is 0 Å². The molecule has 0 fully saturated rings. The quantitative estimate of drug-likeness (QED) is 0.704. The molecule has 0 unspecified atom stereocenters. The minimum atomic E-state index is 0.347. The van der Waals surface area contributed by atoms with Gasteiger partial charge in [-0.1, -0.05) is 19.4 Å². The summed E-state index contributed by atoms with van der Waals surface area (Å²) in [6, 6.07) is 4.21. The molecule has 0 radical (unpaired) electrons. The van der Waals surface area contributed by atoms with Crippen LogP contribution in [0.4, 0.5) is 0 Å². The molecular weight excluding hydrogens is 200 g/mol. The molecule has 1 heterocycles. The van der Waals surface area contributed by atoms with Gasteiger partial charge in [0.05, 0.1) is 0 Å². The first-order valence-electron chi connectivity index (χ1n) is 5.87. The van der Waals surface area contributed by atoms with E-state index < -0.39 is 0 Å². The van der Waals surface area contributed by atoms with E-state index >= 15 is 0 Å². The van der Waals surface area contributed by atoms with E-state index in [0.29, 0.717) is 6.79 Å². The summed E-state index contributed by atoms with van der Waals surface area (Å²) >= 11 is 0. The van der Waals surface area contributed by atoms with Crippen molar-refractivity contribution in [2.45, 2.75) is 32.6 Å². The van der Waals surface area contributed by atoms with Crippen molar-refractivity contribution in [3.8, 4) is 11.5 Å². The Balaban J connectivity index is 2.28. The zero-order valence-corrected chi connectivity index (χ0v) is 9.79. The fourth-order valence-electron chi connectivity index (χ4n) is 1.97. The second-order valence-electron chi connectivity index (χ2n) is 4.07. The molecule has 0 bridgehead atoms. The first-order chi connectivity index (χ1) is 7.85. The molecular formula is C14H18O2. The van der Waals surface area contributed by atoms with Gasteiger partial charge in [0, 0.05) is 0 Å². The van der Waals surface area contributed by atoms with Gasteiger partial charge in [-0.3, -0.25) is 0 Å². The van der Waals surface area contributed by atoms with E-state index in [9.17, 15) is 0 Å². The maximum absolute atomic E-state index is 5.40. The monoisotopic (exact) mass is 218 g/mol. The number of unbranched alkanes of at least 4 members (excludes halogenated alkanes) is 1. The van der Waals surface area contributed by atoms with E-state index in [0.717, 1.165) is 24.3 Å². The zero-order chi connectivity index (χ0) is 11.4. The third kappa shape index (κ3) is 2.21. The highest BCUT2D eigenvalue weighted by atomic mass is 16.7. The molecule has 2 rings (SSSR count). The summed E-state index contributed by atoms with van der Waals surface area (Å²) in [5.74, 6) is 1.76. The van der Waals surface area contributed by atoms with Gasteiger partial charge in [0.25, 0.3) is 0 Å². The number of aryl methyl sites for hydroxylation is 1. The number of hydrogen-bond acceptors (Lipinski definition) is 2. The Kier molecular flexibility index (Phi) is 3.50. The molecule has 0 N–H and O–H groups in total. The normalized spacial score (nSPS) is 12.8. The third-order valence-electron chi connectivity index (χ3n) is 2.86. The van der Waals surface area contributed by atoms with Crippen LogP contribution in [0.25, 0.3) is 0 Å². The lowest BCUT2D eigenvalue weighted by Crippen LogP contribution is -1.94. The number of hydrogen-bond donors (Lipinski definition) is 0. The van der Waals surface area contributed by atoms with Crippen molar-refractivity contribution in [1.82, 2.24) is 0 Å². The summed E-state index contributed by atoms with van der Waals surface area (Å²) in [6.07, 6.45) is 6.37. The van der Waals surface area contributed by atoms with Crippen molar-refractivity contribution in [2.75, 3.05) is 6.79 Å². The van der Waals surface area contributed by atoms with Gasteiger partial charge in [-0.2, -0.15) is 0 Å². The molecule has 0 saturated heterocycles. The fraction of sp³-hybridized carbons (Fsp3) is 0.429. The summed E-state index contributed by atoms with van der Waals surface area (Å²) in [7, 11) is 0. The Morgan fingerprint density at radius 3 is 2.56 bits per heavy atom. The zero-order valence-electron chi connectivity index (χ0n) is 9.79. The lowest BCUT2D eigenvalue weighted by atomic mass is 9.99. The van der Waals surface area contributed by atoms with Crippen molar-refractivity contribution >= 4 is 0 Å². The van der Waals surface area contributed by atoms with Crippen LogP contribution in [-0.2, 0) is 12.8 Å². The predicted molar refractivity (Wildman–Crippen MR) is 65.1 cm³/mol. The Morgan fingerprint density at radius 1 is 1.25 bits per heavy atom. The van der Waals surface area contributed by atoms with Crippen molar-refractivity contribution in [1.29, 1.82) is 0 Å². The number of allylic oxidation sites excluding steroid dienone is 1. The third-order valence-corrected chi connectivity index (χ3v) is 2.86. The standard InChI is InChI=1S/C14H18O2/c1-3-5-7-12-9-14-13(15-10-16-14)8-11(12)6-4-2/h4,8-9H,2-3,5-7,10H2,1H3. The highest BCUT2D eigenvalue weighted by Gasteiger charge is 2.16. The molecule has 86 valence electrons. The maximum atomic E-state index is 5.40. The molecule has 2 heteroatoms. The van der Waals surface area contributed by atoms with Crippen LogP contribution >= 0.6 is 0 Å². The van der Waals surface area contributed by atoms with Crippen molar-refractivity contribution < 1.29 is 9.47 Å². The van der Waals surface area contributed by atoms with Gasteiger partial charge in [0.1, 0.15) is 0 Å². The highest BCUT2D eigenvalue weighted by molar-refractivity contribution is 5.49. The van der Waals surface area contributed by atoms with Crippen LogP contribution in [0.2, 0.25) is 0 Å². The topological polar surface area (TPSA) is 18.5 Å². The van der Waals surface area contributed by atoms with Gasteiger partial charge in [-0.15, -0.1) is 6.58 Å². The van der Waals surface area contributed by atoms with Gasteiger partial charge in [-0.25, -0.2) is 0 Å². The van der Waals surface area contributed by atoms with Gasteiger partial charge >= 0.3 is 0 Å². The maximum Gasteiger partial charge on any atom is 0.231 e. The minimum absolute atomic E-state index is 0.347. The fourth-order valence-corrected chi connectivity index (χ4v) is 1.97. The molecule has 1 aliphatic heterocycles. The molecule has 2 nitrogen and oxygen atoms in total. The van der Waals surface area contributed by atoms with Crippen molar-refractivity contribution in [2.24, 2.45) is 0 Å². The molecule has 1 aromatic carbocycles. The highest BCUT2D eigenvalue weighted by Crippen LogP contribution is 2.35. The molecule has 0 atom stereocenters. The molecule has 1 aliphatic rings. The van der Waals surface area contributed by atoms with Crippen LogP contribution < -0.4 is 9.47 Å². The first kappa shape index (κ1) is 11.1. The summed E-state index contributed by atoms with van der Waals surface area (Å²) in [5, 5.41) is 0. The summed E-state index contributed by atoms with van der Waals surface area (Å²) in [5.41, 5.74) is 2.68. The van der Waals surface area contributed by atoms with E-state index in [4.69, 9.17) is 9.47 Å². The largest absolute Gasteiger partial charge is 0.454 e. The van der Waals surface area contributed by atoms with Crippen LogP contribution in [0.1, 0.15) is 30.9 Å². The van der Waals surface area contributed by atoms with Crippen molar-refractivity contribution in [3.63, 3.8) is 0 Å². The predicted octanol–water partition coefficient (Wildman–Crippen LogP) is 3.49. The number of benzene rings is 1. The average Bonchev–Trinajstić information content (AvgIpc) is 2.73. The second-order valence-corrected chi connectivity index (χ2v) is 4.07. The smallest absolute Gasteiger partial charge is 0.231 e. The van der Waals surface area contributed by atoms with E-state index in [1.807, 2.05) is 6.08 Å². The summed E-state index contributed by atoms with van der Waals surface area (Å²) < 4.78 is 10.8. The minimum Gasteiger partial charge on any atom is -0.454 e. The van der Waals surface area contributed by atoms with Gasteiger partial charge in [-0.05, 0) is 42.5 Å². The van der Waals surface area contributed by atoms with Crippen LogP contribution in [0.15, 0.2) is 24.8 Å². The number of rotatable bonds is 5. The van der Waals surface area contributed by atoms with Gasteiger partial charge < -0.3 is 9.47 Å². The Hall–Kier alpha value is -1.44. The van der Waals surface area contributed by atoms with Crippen LogP contribution in [0.5, 0.6) is 11.5 Å². The second kappa shape index (κ2) is 5.06. The van der Waals surface area contributed by atoms with Crippen LogP contribution in [-0.4, -0.2) is 6.79 Å². The number of fused-ring (bicyclic) bond motifs is 1. The summed E-state index contributed by atoms with van der Waals surface area (Å²) in [4.78, 5) is 0. The average molecular weight is 218 g/mol.